The van der Waals surface area contributed by atoms with Crippen molar-refractivity contribution in [2.45, 2.75) is 33.2 Å². The predicted molar refractivity (Wildman–Crippen MR) is 106 cm³/mol. The molecule has 2 N–H and O–H groups in total. The van der Waals surface area contributed by atoms with E-state index in [-0.39, 0.29) is 30.8 Å². The lowest BCUT2D eigenvalue weighted by Gasteiger charge is -2.28. The highest BCUT2D eigenvalue weighted by Crippen LogP contribution is 2.32. The van der Waals surface area contributed by atoms with Gasteiger partial charge in [-0.3, -0.25) is 9.59 Å². The lowest BCUT2D eigenvalue weighted by Crippen LogP contribution is -2.42. The summed E-state index contributed by atoms with van der Waals surface area (Å²) in [4.78, 5) is 26.7. The van der Waals surface area contributed by atoms with Crippen LogP contribution in [-0.4, -0.2) is 24.4 Å². The first-order chi connectivity index (χ1) is 12.4. The third-order valence-corrected chi connectivity index (χ3v) is 4.77. The first kappa shape index (κ1) is 18.3. The highest BCUT2D eigenvalue weighted by Gasteiger charge is 2.29. The van der Waals surface area contributed by atoms with Gasteiger partial charge in [-0.15, -0.1) is 0 Å². The van der Waals surface area contributed by atoms with E-state index in [1.165, 1.54) is 0 Å². The summed E-state index contributed by atoms with van der Waals surface area (Å²) in [6.45, 7) is 5.91. The molecule has 1 aliphatic rings. The molecule has 0 bridgehead atoms. The first-order valence-corrected chi connectivity index (χ1v) is 8.96. The van der Waals surface area contributed by atoms with Gasteiger partial charge in [-0.1, -0.05) is 29.8 Å². The molecule has 2 aromatic carbocycles. The zero-order valence-corrected chi connectivity index (χ0v) is 15.9. The lowest BCUT2D eigenvalue weighted by molar-refractivity contribution is -0.118. The summed E-state index contributed by atoms with van der Waals surface area (Å²) in [6, 6.07) is 11.0. The number of nitrogens with one attached hydrogen (secondary N) is 2. The molecule has 2 amide bonds. The third kappa shape index (κ3) is 3.68. The molecule has 0 radical (unpaired) electrons. The number of halogens is 1. The van der Waals surface area contributed by atoms with Crippen LogP contribution in [0.5, 0.6) is 0 Å². The summed E-state index contributed by atoms with van der Waals surface area (Å²) >= 11 is 6.32. The maximum absolute atomic E-state index is 13.0. The molecular weight excluding hydrogens is 350 g/mol. The van der Waals surface area contributed by atoms with Gasteiger partial charge in [-0.05, 0) is 50.1 Å². The molecule has 0 aromatic heterocycles. The number of carbonyl (C=O) groups excluding carboxylic acids is 2. The Morgan fingerprint density at radius 3 is 2.77 bits per heavy atom. The van der Waals surface area contributed by atoms with Crippen molar-refractivity contribution in [3.63, 3.8) is 0 Å². The fraction of sp³-hybridized carbons (Fsp3) is 0.300. The van der Waals surface area contributed by atoms with Crippen LogP contribution in [0, 0.1) is 13.8 Å². The molecule has 0 unspecified atom stereocenters. The number of nitrogens with zero attached hydrogens (tertiary/aromatic N) is 1. The van der Waals surface area contributed by atoms with Crippen LogP contribution >= 0.6 is 11.6 Å². The Labute approximate surface area is 158 Å². The van der Waals surface area contributed by atoms with Crippen molar-refractivity contribution in [3.05, 3.63) is 52.5 Å². The molecule has 0 saturated heterocycles. The smallest absolute Gasteiger partial charge is 0.246 e. The summed E-state index contributed by atoms with van der Waals surface area (Å²) < 4.78 is 0. The highest BCUT2D eigenvalue weighted by molar-refractivity contribution is 6.33. The largest absolute Gasteiger partial charge is 0.375 e. The van der Waals surface area contributed by atoms with Gasteiger partial charge in [0.1, 0.15) is 0 Å². The number of para-hydroxylation sites is 2. The van der Waals surface area contributed by atoms with Gasteiger partial charge in [0.05, 0.1) is 28.6 Å². The summed E-state index contributed by atoms with van der Waals surface area (Å²) in [5, 5.41) is 6.62. The average molecular weight is 372 g/mol. The molecule has 0 fully saturated rings. The number of hydrogen-bond acceptors (Lipinski definition) is 3. The third-order valence-electron chi connectivity index (χ3n) is 4.48. The highest BCUT2D eigenvalue weighted by atomic mass is 35.5. The standard InChI is InChI=1S/C20H22ClN3O2/c1-12-8-13(2)20(15(21)9-12)22-11-19(26)24-14(3)10-18(25)23-16-6-4-5-7-17(16)24/h4-9,14,22H,10-11H2,1-3H3,(H,23,25)/t14-/m0/s1. The molecule has 3 rings (SSSR count). The Morgan fingerprint density at radius 2 is 2.04 bits per heavy atom. The molecule has 1 aliphatic heterocycles. The maximum atomic E-state index is 13.0. The van der Waals surface area contributed by atoms with Crippen molar-refractivity contribution < 1.29 is 9.59 Å². The second kappa shape index (κ2) is 7.38. The van der Waals surface area contributed by atoms with Crippen molar-refractivity contribution in [2.24, 2.45) is 0 Å². The van der Waals surface area contributed by atoms with Crippen LogP contribution in [0.25, 0.3) is 0 Å². The molecule has 0 aliphatic carbocycles. The average Bonchev–Trinajstić information content (AvgIpc) is 2.67. The normalized spacial score (nSPS) is 16.5. The van der Waals surface area contributed by atoms with Crippen molar-refractivity contribution in [2.75, 3.05) is 22.1 Å². The Bertz CT molecular complexity index is 843. The Morgan fingerprint density at radius 1 is 1.31 bits per heavy atom. The molecule has 5 nitrogen and oxygen atoms in total. The fourth-order valence-electron chi connectivity index (χ4n) is 3.36. The van der Waals surface area contributed by atoms with Crippen molar-refractivity contribution in [1.82, 2.24) is 0 Å². The number of carbonyl (C=O) groups is 2. The van der Waals surface area contributed by atoms with Crippen molar-refractivity contribution in [1.29, 1.82) is 0 Å². The fourth-order valence-corrected chi connectivity index (χ4v) is 3.74. The Kier molecular flexibility index (Phi) is 5.18. The second-order valence-corrected chi connectivity index (χ2v) is 7.08. The molecule has 136 valence electrons. The van der Waals surface area contributed by atoms with E-state index in [1.807, 2.05) is 51.1 Å². The van der Waals surface area contributed by atoms with E-state index in [4.69, 9.17) is 11.6 Å². The van der Waals surface area contributed by atoms with Gasteiger partial charge in [0.15, 0.2) is 0 Å². The lowest BCUT2D eigenvalue weighted by atomic mass is 10.1. The van der Waals surface area contributed by atoms with Gasteiger partial charge < -0.3 is 15.5 Å². The number of aryl methyl sites for hydroxylation is 2. The quantitative estimate of drug-likeness (QED) is 0.852. The number of benzene rings is 2. The molecule has 1 heterocycles. The van der Waals surface area contributed by atoms with E-state index in [0.29, 0.717) is 16.4 Å². The van der Waals surface area contributed by atoms with Crippen LogP contribution in [0.1, 0.15) is 24.5 Å². The van der Waals surface area contributed by atoms with Crippen molar-refractivity contribution in [3.8, 4) is 0 Å². The number of fused-ring (bicyclic) bond motifs is 1. The van der Waals surface area contributed by atoms with Gasteiger partial charge in [0.25, 0.3) is 0 Å². The summed E-state index contributed by atoms with van der Waals surface area (Å²) in [6.07, 6.45) is 0.255. The van der Waals surface area contributed by atoms with Crippen LogP contribution < -0.4 is 15.5 Å². The zero-order chi connectivity index (χ0) is 18.8. The molecule has 0 spiro atoms. The van der Waals surface area contributed by atoms with Gasteiger partial charge in [0, 0.05) is 12.5 Å². The van der Waals surface area contributed by atoms with Crippen LogP contribution in [0.4, 0.5) is 17.1 Å². The topological polar surface area (TPSA) is 61.4 Å². The maximum Gasteiger partial charge on any atom is 0.246 e. The van der Waals surface area contributed by atoms with E-state index >= 15 is 0 Å². The SMILES string of the molecule is Cc1cc(C)c(NCC(=O)N2c3ccccc3NC(=O)C[C@@H]2C)c(Cl)c1. The number of anilines is 3. The van der Waals surface area contributed by atoms with E-state index < -0.39 is 0 Å². The zero-order valence-electron chi connectivity index (χ0n) is 15.1. The van der Waals surface area contributed by atoms with E-state index in [0.717, 1.165) is 16.8 Å². The molecule has 0 saturated carbocycles. The summed E-state index contributed by atoms with van der Waals surface area (Å²) in [5.74, 6) is -0.205. The van der Waals surface area contributed by atoms with Gasteiger partial charge in [-0.2, -0.15) is 0 Å². The molecule has 2 aromatic rings. The monoisotopic (exact) mass is 371 g/mol. The molecule has 1 atom stereocenters. The second-order valence-electron chi connectivity index (χ2n) is 6.67. The minimum Gasteiger partial charge on any atom is -0.375 e. The molecule has 6 heteroatoms. The first-order valence-electron chi connectivity index (χ1n) is 8.58. The van der Waals surface area contributed by atoms with Crippen molar-refractivity contribution >= 4 is 40.5 Å². The predicted octanol–water partition coefficient (Wildman–Crippen LogP) is 4.13. The number of rotatable bonds is 3. The molecular formula is C20H22ClN3O2. The van der Waals surface area contributed by atoms with Crippen LogP contribution in [0.2, 0.25) is 5.02 Å². The number of hydrogen-bond donors (Lipinski definition) is 2. The summed E-state index contributed by atoms with van der Waals surface area (Å²) in [7, 11) is 0. The van der Waals surface area contributed by atoms with Crippen LogP contribution in [0.15, 0.2) is 36.4 Å². The van der Waals surface area contributed by atoms with Gasteiger partial charge in [0.2, 0.25) is 11.8 Å². The Hall–Kier alpha value is -2.53. The van der Waals surface area contributed by atoms with Crippen LogP contribution in [-0.2, 0) is 9.59 Å². The minimum atomic E-state index is -0.234. The minimum absolute atomic E-state index is 0.0920. The van der Waals surface area contributed by atoms with Crippen LogP contribution in [0.3, 0.4) is 0 Å². The van der Waals surface area contributed by atoms with Gasteiger partial charge in [-0.25, -0.2) is 0 Å². The summed E-state index contributed by atoms with van der Waals surface area (Å²) in [5.41, 5.74) is 4.19. The van der Waals surface area contributed by atoms with E-state index in [9.17, 15) is 9.59 Å². The Balaban J connectivity index is 1.84. The number of amides is 2. The molecule has 26 heavy (non-hydrogen) atoms. The van der Waals surface area contributed by atoms with E-state index in [1.54, 1.807) is 11.0 Å². The van der Waals surface area contributed by atoms with Gasteiger partial charge >= 0.3 is 0 Å². The van der Waals surface area contributed by atoms with E-state index in [2.05, 4.69) is 10.6 Å².